The van der Waals surface area contributed by atoms with Crippen molar-refractivity contribution in [3.8, 4) is 5.75 Å². The van der Waals surface area contributed by atoms with E-state index in [1.165, 1.54) is 0 Å². The molecule has 0 bridgehead atoms. The van der Waals surface area contributed by atoms with Gasteiger partial charge in [0.1, 0.15) is 12.3 Å². The summed E-state index contributed by atoms with van der Waals surface area (Å²) in [5, 5.41) is 22.9. The first-order chi connectivity index (χ1) is 15.7. The van der Waals surface area contributed by atoms with Crippen molar-refractivity contribution < 1.29 is 32.9 Å². The summed E-state index contributed by atoms with van der Waals surface area (Å²) in [5.41, 5.74) is 2.09. The third kappa shape index (κ3) is 7.34. The minimum atomic E-state index is -4.46. The predicted octanol–water partition coefficient (Wildman–Crippen LogP) is 4.18. The van der Waals surface area contributed by atoms with Crippen molar-refractivity contribution in [2.45, 2.75) is 83.1 Å². The Hall–Kier alpha value is -1.80. The number of ether oxygens (including phenoxy) is 1. The van der Waals surface area contributed by atoms with Crippen LogP contribution in [0.2, 0.25) is 0 Å². The summed E-state index contributed by atoms with van der Waals surface area (Å²) >= 11 is 0. The Balaban J connectivity index is 1.57. The maximum Gasteiger partial charge on any atom is 0.405 e. The second kappa shape index (κ2) is 11.6. The molecule has 3 N–H and O–H groups in total. The van der Waals surface area contributed by atoms with Crippen molar-refractivity contribution in [2.75, 3.05) is 13.2 Å². The smallest absolute Gasteiger partial charge is 0.405 e. The van der Waals surface area contributed by atoms with Gasteiger partial charge in [-0.3, -0.25) is 4.79 Å². The molecule has 1 fully saturated rings. The van der Waals surface area contributed by atoms with E-state index in [1.54, 1.807) is 6.07 Å². The molecular weight excluding hydrogens is 435 g/mol. The molecule has 8 heteroatoms. The Kier molecular flexibility index (Phi) is 9.04. The predicted molar refractivity (Wildman–Crippen MR) is 119 cm³/mol. The highest BCUT2D eigenvalue weighted by Crippen LogP contribution is 2.48. The van der Waals surface area contributed by atoms with Crippen LogP contribution in [0.25, 0.3) is 0 Å². The number of aliphatic hydroxyl groups is 2. The van der Waals surface area contributed by atoms with Crippen molar-refractivity contribution >= 4 is 5.91 Å². The number of unbranched alkanes of at least 4 members (excludes halogenated alkanes) is 2. The number of nitrogens with one attached hydrogen (secondary N) is 1. The molecule has 0 heterocycles. The molecule has 186 valence electrons. The van der Waals surface area contributed by atoms with Crippen LogP contribution >= 0.6 is 0 Å². The molecular formula is C25H36F3NO4. The summed E-state index contributed by atoms with van der Waals surface area (Å²) < 4.78 is 42.4. The average Bonchev–Trinajstić information content (AvgIpc) is 3.06. The lowest BCUT2D eigenvalue weighted by Gasteiger charge is -2.32. The Morgan fingerprint density at radius 2 is 2.03 bits per heavy atom. The van der Waals surface area contributed by atoms with Gasteiger partial charge in [0, 0.05) is 0 Å². The summed E-state index contributed by atoms with van der Waals surface area (Å²) in [6.45, 7) is 0.293. The van der Waals surface area contributed by atoms with Crippen LogP contribution < -0.4 is 10.1 Å². The van der Waals surface area contributed by atoms with Crippen LogP contribution in [0.1, 0.15) is 63.0 Å². The number of carbonyl (C=O) groups excluding carboxylic acids is 1. The molecule has 1 aromatic carbocycles. The highest BCUT2D eigenvalue weighted by Gasteiger charge is 2.44. The topological polar surface area (TPSA) is 78.8 Å². The fraction of sp³-hybridized carbons (Fsp3) is 0.720. The first kappa shape index (κ1) is 25.8. The van der Waals surface area contributed by atoms with Crippen LogP contribution in [0.5, 0.6) is 5.75 Å². The van der Waals surface area contributed by atoms with Crippen LogP contribution in [0.4, 0.5) is 13.2 Å². The largest absolute Gasteiger partial charge is 0.483 e. The maximum atomic E-state index is 12.3. The van der Waals surface area contributed by atoms with E-state index in [9.17, 15) is 28.2 Å². The van der Waals surface area contributed by atoms with E-state index >= 15 is 0 Å². The molecule has 3 rings (SSSR count). The lowest BCUT2D eigenvalue weighted by atomic mass is 9.73. The van der Waals surface area contributed by atoms with Crippen LogP contribution in [0.3, 0.4) is 0 Å². The Morgan fingerprint density at radius 1 is 1.24 bits per heavy atom. The third-order valence-electron chi connectivity index (χ3n) is 7.16. The molecule has 5 unspecified atom stereocenters. The monoisotopic (exact) mass is 471 g/mol. The molecule has 5 nitrogen and oxygen atoms in total. The highest BCUT2D eigenvalue weighted by atomic mass is 19.4. The zero-order valence-electron chi connectivity index (χ0n) is 19.2. The summed E-state index contributed by atoms with van der Waals surface area (Å²) in [6.07, 6.45) is 2.64. The molecule has 0 aliphatic heterocycles. The number of alkyl halides is 3. The van der Waals surface area contributed by atoms with E-state index in [-0.39, 0.29) is 12.0 Å². The summed E-state index contributed by atoms with van der Waals surface area (Å²) in [6, 6.07) is 5.59. The molecule has 5 atom stereocenters. The van der Waals surface area contributed by atoms with Gasteiger partial charge >= 0.3 is 6.18 Å². The summed E-state index contributed by atoms with van der Waals surface area (Å²) in [7, 11) is 0. The molecule has 0 saturated heterocycles. The number of amides is 1. The summed E-state index contributed by atoms with van der Waals surface area (Å²) in [5.74, 6) is 0.491. The highest BCUT2D eigenvalue weighted by molar-refractivity contribution is 5.77. The Labute approximate surface area is 193 Å². The first-order valence-corrected chi connectivity index (χ1v) is 12.1. The fourth-order valence-corrected chi connectivity index (χ4v) is 5.49. The standard InChI is InChI=1S/C25H36F3NO4/c1-2-3-4-7-18(30)9-10-19-20-11-16-6-5-8-23(21(16)12-17(20)13-22(19)31)33-14-24(32)29-15-25(26,27)28/h5-6,8,17-20,22,30-31H,2-4,7,9-15H2,1H3,(H,29,32). The Bertz CT molecular complexity index is 785. The van der Waals surface area contributed by atoms with Crippen molar-refractivity contribution in [1.82, 2.24) is 5.32 Å². The van der Waals surface area contributed by atoms with Gasteiger partial charge in [-0.25, -0.2) is 0 Å². The van der Waals surface area contributed by atoms with Crippen molar-refractivity contribution in [1.29, 1.82) is 0 Å². The van der Waals surface area contributed by atoms with Gasteiger partial charge in [-0.15, -0.1) is 0 Å². The minimum absolute atomic E-state index is 0.154. The van der Waals surface area contributed by atoms with Gasteiger partial charge in [-0.2, -0.15) is 13.2 Å². The van der Waals surface area contributed by atoms with Crippen LogP contribution in [-0.4, -0.2) is 47.7 Å². The lowest BCUT2D eigenvalue weighted by molar-refractivity contribution is -0.139. The van der Waals surface area contributed by atoms with Gasteiger partial charge in [0.15, 0.2) is 6.61 Å². The van der Waals surface area contributed by atoms with E-state index in [1.807, 2.05) is 17.4 Å². The zero-order valence-corrected chi connectivity index (χ0v) is 19.2. The zero-order chi connectivity index (χ0) is 24.0. The van der Waals surface area contributed by atoms with Crippen molar-refractivity contribution in [3.63, 3.8) is 0 Å². The van der Waals surface area contributed by atoms with Crippen molar-refractivity contribution in [3.05, 3.63) is 29.3 Å². The number of hydrogen-bond donors (Lipinski definition) is 3. The van der Waals surface area contributed by atoms with Gasteiger partial charge in [-0.05, 0) is 73.5 Å². The fourth-order valence-electron chi connectivity index (χ4n) is 5.49. The van der Waals surface area contributed by atoms with Crippen LogP contribution in [-0.2, 0) is 17.6 Å². The molecule has 0 aromatic heterocycles. The molecule has 33 heavy (non-hydrogen) atoms. The minimum Gasteiger partial charge on any atom is -0.483 e. The second-order valence-corrected chi connectivity index (χ2v) is 9.60. The number of fused-ring (bicyclic) bond motifs is 2. The number of carbonyl (C=O) groups is 1. The molecule has 2 aliphatic rings. The van der Waals surface area contributed by atoms with Crippen LogP contribution in [0, 0.1) is 17.8 Å². The number of halogens is 3. The van der Waals surface area contributed by atoms with E-state index in [0.717, 1.165) is 49.7 Å². The summed E-state index contributed by atoms with van der Waals surface area (Å²) in [4.78, 5) is 11.7. The van der Waals surface area contributed by atoms with Gasteiger partial charge in [0.05, 0.1) is 12.2 Å². The molecule has 1 saturated carbocycles. The molecule has 0 spiro atoms. The SMILES string of the molecule is CCCCCC(O)CCC1C(O)CC2Cc3c(cccc3OCC(=O)NCC(F)(F)F)CC21. The lowest BCUT2D eigenvalue weighted by Crippen LogP contribution is -2.36. The van der Waals surface area contributed by atoms with Crippen molar-refractivity contribution in [2.24, 2.45) is 17.8 Å². The number of rotatable bonds is 11. The van der Waals surface area contributed by atoms with Crippen LogP contribution in [0.15, 0.2) is 18.2 Å². The number of benzene rings is 1. The molecule has 2 aliphatic carbocycles. The maximum absolute atomic E-state index is 12.3. The van der Waals surface area contributed by atoms with Gasteiger partial charge in [0.2, 0.25) is 0 Å². The molecule has 1 aromatic rings. The molecule has 0 radical (unpaired) electrons. The van der Waals surface area contributed by atoms with Gasteiger partial charge in [-0.1, -0.05) is 38.3 Å². The van der Waals surface area contributed by atoms with E-state index in [2.05, 4.69) is 6.92 Å². The average molecular weight is 472 g/mol. The third-order valence-corrected chi connectivity index (χ3v) is 7.16. The normalized spacial score (nSPS) is 25.3. The number of hydrogen-bond acceptors (Lipinski definition) is 4. The molecule has 1 amide bonds. The Morgan fingerprint density at radius 3 is 2.76 bits per heavy atom. The van der Waals surface area contributed by atoms with Gasteiger partial charge in [0.25, 0.3) is 5.91 Å². The van der Waals surface area contributed by atoms with E-state index in [4.69, 9.17) is 4.74 Å². The van der Waals surface area contributed by atoms with E-state index in [0.29, 0.717) is 36.8 Å². The quantitative estimate of drug-likeness (QED) is 0.423. The van der Waals surface area contributed by atoms with Gasteiger partial charge < -0.3 is 20.3 Å². The second-order valence-electron chi connectivity index (χ2n) is 9.60. The van der Waals surface area contributed by atoms with E-state index < -0.39 is 31.3 Å². The number of aliphatic hydroxyl groups excluding tert-OH is 2. The first-order valence-electron chi connectivity index (χ1n) is 12.1.